The molecule has 2 rings (SSSR count). The number of benzene rings is 2. The Morgan fingerprint density at radius 2 is 1.58 bits per heavy atom. The van der Waals surface area contributed by atoms with Crippen LogP contribution in [0.5, 0.6) is 5.75 Å². The van der Waals surface area contributed by atoms with E-state index in [1.807, 2.05) is 77.9 Å². The molecule has 0 heterocycles. The lowest BCUT2D eigenvalue weighted by Gasteiger charge is -2.33. The van der Waals surface area contributed by atoms with Gasteiger partial charge in [-0.3, -0.25) is 9.59 Å². The largest absolute Gasteiger partial charge is 0.497 e. The smallest absolute Gasteiger partial charge is 0.243 e. The third-order valence-electron chi connectivity index (χ3n) is 5.03. The van der Waals surface area contributed by atoms with E-state index in [2.05, 4.69) is 11.4 Å². The first-order chi connectivity index (χ1) is 14.5. The molecule has 2 aromatic carbocycles. The highest BCUT2D eigenvalue weighted by Gasteiger charge is 2.30. The van der Waals surface area contributed by atoms with Crippen LogP contribution in [0.25, 0.3) is 0 Å². The third kappa shape index (κ3) is 7.42. The van der Waals surface area contributed by atoms with Gasteiger partial charge in [0, 0.05) is 12.1 Å². The predicted octanol–water partition coefficient (Wildman–Crippen LogP) is 4.58. The molecule has 31 heavy (non-hydrogen) atoms. The summed E-state index contributed by atoms with van der Waals surface area (Å²) in [5, 5.41) is 3.04. The fraction of sp³-hybridized carbons (Fsp3) is 0.462. The van der Waals surface area contributed by atoms with Crippen molar-refractivity contribution in [2.75, 3.05) is 7.11 Å². The molecule has 0 saturated heterocycles. The van der Waals surface area contributed by atoms with Crippen molar-refractivity contribution in [2.24, 2.45) is 0 Å². The molecule has 0 aromatic heterocycles. The molecule has 0 radical (unpaired) electrons. The van der Waals surface area contributed by atoms with Crippen LogP contribution in [-0.2, 0) is 22.6 Å². The Balaban J connectivity index is 2.34. The molecular formula is C26H36N2O3. The maximum Gasteiger partial charge on any atom is 0.243 e. The van der Waals surface area contributed by atoms with E-state index < -0.39 is 6.04 Å². The molecule has 0 saturated carbocycles. The molecule has 168 valence electrons. The van der Waals surface area contributed by atoms with Crippen molar-refractivity contribution in [1.29, 1.82) is 0 Å². The summed E-state index contributed by atoms with van der Waals surface area (Å²) in [5.41, 5.74) is 3.81. The molecule has 2 aromatic rings. The van der Waals surface area contributed by atoms with Crippen LogP contribution < -0.4 is 10.1 Å². The SMILES string of the molecule is CCC(C(=O)NC(C)(C)C)N(Cc1ccc(OC)cc1)C(=O)Cc1cc(C)cc(C)c1. The summed E-state index contributed by atoms with van der Waals surface area (Å²) in [7, 11) is 1.62. The Morgan fingerprint density at radius 3 is 2.06 bits per heavy atom. The number of aryl methyl sites for hydroxylation is 2. The second kappa shape index (κ2) is 10.5. The molecule has 5 nitrogen and oxygen atoms in total. The van der Waals surface area contributed by atoms with E-state index in [1.54, 1.807) is 12.0 Å². The van der Waals surface area contributed by atoms with Gasteiger partial charge >= 0.3 is 0 Å². The molecule has 0 aliphatic carbocycles. The van der Waals surface area contributed by atoms with Crippen LogP contribution in [-0.4, -0.2) is 35.4 Å². The number of amides is 2. The van der Waals surface area contributed by atoms with E-state index in [9.17, 15) is 9.59 Å². The highest BCUT2D eigenvalue weighted by Crippen LogP contribution is 2.19. The minimum Gasteiger partial charge on any atom is -0.497 e. The summed E-state index contributed by atoms with van der Waals surface area (Å²) in [6.45, 7) is 12.2. The average molecular weight is 425 g/mol. The molecular weight excluding hydrogens is 388 g/mol. The summed E-state index contributed by atoms with van der Waals surface area (Å²) in [5.74, 6) is 0.573. The monoisotopic (exact) mass is 424 g/mol. The van der Waals surface area contributed by atoms with E-state index >= 15 is 0 Å². The predicted molar refractivity (Wildman–Crippen MR) is 125 cm³/mol. The second-order valence-electron chi connectivity index (χ2n) is 9.21. The lowest BCUT2D eigenvalue weighted by molar-refractivity contribution is -0.141. The summed E-state index contributed by atoms with van der Waals surface area (Å²) < 4.78 is 5.24. The Bertz CT molecular complexity index is 878. The number of carbonyl (C=O) groups excluding carboxylic acids is 2. The normalized spacial score (nSPS) is 12.2. The Labute approximate surface area is 186 Å². The summed E-state index contributed by atoms with van der Waals surface area (Å²) >= 11 is 0. The average Bonchev–Trinajstić information content (AvgIpc) is 2.66. The highest BCUT2D eigenvalue weighted by molar-refractivity contribution is 5.88. The Hall–Kier alpha value is -2.82. The number of ether oxygens (including phenoxy) is 1. The number of nitrogens with zero attached hydrogens (tertiary/aromatic N) is 1. The van der Waals surface area contributed by atoms with Crippen molar-refractivity contribution in [2.45, 2.75) is 72.5 Å². The first kappa shape index (κ1) is 24.4. The number of methoxy groups -OCH3 is 1. The number of nitrogens with one attached hydrogen (secondary N) is 1. The van der Waals surface area contributed by atoms with E-state index in [-0.39, 0.29) is 23.8 Å². The molecule has 1 N–H and O–H groups in total. The number of hydrogen-bond acceptors (Lipinski definition) is 3. The van der Waals surface area contributed by atoms with E-state index in [4.69, 9.17) is 4.74 Å². The molecule has 0 fully saturated rings. The zero-order valence-corrected chi connectivity index (χ0v) is 19.9. The highest BCUT2D eigenvalue weighted by atomic mass is 16.5. The van der Waals surface area contributed by atoms with E-state index in [1.165, 1.54) is 0 Å². The molecule has 0 bridgehead atoms. The minimum absolute atomic E-state index is 0.0586. The molecule has 0 aliphatic heterocycles. The maximum absolute atomic E-state index is 13.5. The second-order valence-corrected chi connectivity index (χ2v) is 9.21. The van der Waals surface area contributed by atoms with Gasteiger partial charge in [-0.1, -0.05) is 48.4 Å². The first-order valence-corrected chi connectivity index (χ1v) is 10.8. The van der Waals surface area contributed by atoms with Gasteiger partial charge in [0.05, 0.1) is 13.5 Å². The molecule has 5 heteroatoms. The van der Waals surface area contributed by atoms with Crippen LogP contribution in [0, 0.1) is 13.8 Å². The van der Waals surface area contributed by atoms with Gasteiger partial charge in [-0.05, 0) is 64.3 Å². The van der Waals surface area contributed by atoms with Gasteiger partial charge in [0.25, 0.3) is 0 Å². The number of rotatable bonds is 8. The van der Waals surface area contributed by atoms with Crippen LogP contribution in [0.2, 0.25) is 0 Å². The zero-order chi connectivity index (χ0) is 23.2. The number of hydrogen-bond donors (Lipinski definition) is 1. The van der Waals surface area contributed by atoms with Crippen molar-refractivity contribution in [3.05, 3.63) is 64.7 Å². The molecule has 2 amide bonds. The zero-order valence-electron chi connectivity index (χ0n) is 19.9. The maximum atomic E-state index is 13.5. The van der Waals surface area contributed by atoms with Gasteiger partial charge in [-0.15, -0.1) is 0 Å². The van der Waals surface area contributed by atoms with Gasteiger partial charge in [-0.25, -0.2) is 0 Å². The van der Waals surface area contributed by atoms with Gasteiger partial charge in [0.2, 0.25) is 11.8 Å². The third-order valence-corrected chi connectivity index (χ3v) is 5.03. The van der Waals surface area contributed by atoms with Crippen molar-refractivity contribution in [1.82, 2.24) is 10.2 Å². The fourth-order valence-electron chi connectivity index (χ4n) is 3.75. The van der Waals surface area contributed by atoms with E-state index in [0.29, 0.717) is 13.0 Å². The first-order valence-electron chi connectivity index (χ1n) is 10.8. The Morgan fingerprint density at radius 1 is 1.00 bits per heavy atom. The van der Waals surface area contributed by atoms with Gasteiger partial charge < -0.3 is 15.0 Å². The fourth-order valence-corrected chi connectivity index (χ4v) is 3.75. The number of carbonyl (C=O) groups is 2. The van der Waals surface area contributed by atoms with Crippen molar-refractivity contribution in [3.63, 3.8) is 0 Å². The van der Waals surface area contributed by atoms with E-state index in [0.717, 1.165) is 28.0 Å². The van der Waals surface area contributed by atoms with Gasteiger partial charge in [-0.2, -0.15) is 0 Å². The van der Waals surface area contributed by atoms with Crippen molar-refractivity contribution in [3.8, 4) is 5.75 Å². The molecule has 1 unspecified atom stereocenters. The Kier molecular flexibility index (Phi) is 8.26. The quantitative estimate of drug-likeness (QED) is 0.675. The topological polar surface area (TPSA) is 58.6 Å². The summed E-state index contributed by atoms with van der Waals surface area (Å²) in [6.07, 6.45) is 0.800. The molecule has 0 aliphatic rings. The van der Waals surface area contributed by atoms with Crippen LogP contribution in [0.4, 0.5) is 0 Å². The molecule has 0 spiro atoms. The molecule has 1 atom stereocenters. The van der Waals surface area contributed by atoms with Crippen LogP contribution in [0.15, 0.2) is 42.5 Å². The lowest BCUT2D eigenvalue weighted by atomic mass is 10.0. The van der Waals surface area contributed by atoms with Crippen molar-refractivity contribution >= 4 is 11.8 Å². The van der Waals surface area contributed by atoms with Crippen molar-refractivity contribution < 1.29 is 14.3 Å². The summed E-state index contributed by atoms with van der Waals surface area (Å²) in [6, 6.07) is 13.2. The van der Waals surface area contributed by atoms with Gasteiger partial charge in [0.15, 0.2) is 0 Å². The standard InChI is InChI=1S/C26H36N2O3/c1-8-23(25(30)27-26(4,5)6)28(17-20-9-11-22(31-7)12-10-20)24(29)16-21-14-18(2)13-19(3)15-21/h9-15,23H,8,16-17H2,1-7H3,(H,27,30). The van der Waals surface area contributed by atoms with Crippen LogP contribution in [0.3, 0.4) is 0 Å². The van der Waals surface area contributed by atoms with Gasteiger partial charge in [0.1, 0.15) is 11.8 Å². The van der Waals surface area contributed by atoms with Crippen LogP contribution in [0.1, 0.15) is 56.4 Å². The minimum atomic E-state index is -0.542. The lowest BCUT2D eigenvalue weighted by Crippen LogP contribution is -2.53. The van der Waals surface area contributed by atoms with Crippen LogP contribution >= 0.6 is 0 Å². The summed E-state index contributed by atoms with van der Waals surface area (Å²) in [4.78, 5) is 28.2.